The lowest BCUT2D eigenvalue weighted by Crippen LogP contribution is -2.45. The zero-order valence-electron chi connectivity index (χ0n) is 11.5. The van der Waals surface area contributed by atoms with Gasteiger partial charge in [-0.05, 0) is 46.4 Å². The van der Waals surface area contributed by atoms with Crippen LogP contribution < -0.4 is 5.32 Å². The van der Waals surface area contributed by atoms with Gasteiger partial charge in [0.2, 0.25) is 5.91 Å². The lowest BCUT2D eigenvalue weighted by Gasteiger charge is -2.37. The summed E-state index contributed by atoms with van der Waals surface area (Å²) in [6.45, 7) is 3.40. The molecule has 17 heavy (non-hydrogen) atoms. The van der Waals surface area contributed by atoms with Gasteiger partial charge in [-0.1, -0.05) is 6.42 Å². The molecule has 1 N–H and O–H groups in total. The maximum Gasteiger partial charge on any atom is 0.219 e. The van der Waals surface area contributed by atoms with Crippen LogP contribution >= 0.6 is 0 Å². The van der Waals surface area contributed by atoms with E-state index in [1.54, 1.807) is 7.05 Å². The number of likely N-dealkylation sites (N-methyl/N-ethyl adjacent to an activating group) is 1. The lowest BCUT2D eigenvalue weighted by atomic mass is 10.0. The number of carbonyl (C=O) groups is 1. The Hall–Kier alpha value is -0.610. The van der Waals surface area contributed by atoms with Crippen LogP contribution in [0.3, 0.4) is 0 Å². The number of hydrogen-bond donors (Lipinski definition) is 1. The van der Waals surface area contributed by atoms with Crippen LogP contribution in [0.25, 0.3) is 0 Å². The summed E-state index contributed by atoms with van der Waals surface area (Å²) in [6, 6.07) is 0.684. The van der Waals surface area contributed by atoms with Gasteiger partial charge in [-0.2, -0.15) is 0 Å². The Balaban J connectivity index is 2.29. The Morgan fingerprint density at radius 1 is 1.41 bits per heavy atom. The molecular formula is C13H27N3O. The normalized spacial score (nSPS) is 21.8. The first-order chi connectivity index (χ1) is 8.13. The average molecular weight is 241 g/mol. The van der Waals surface area contributed by atoms with Gasteiger partial charge in [-0.15, -0.1) is 0 Å². The minimum absolute atomic E-state index is 0.158. The van der Waals surface area contributed by atoms with Crippen LogP contribution in [0.4, 0.5) is 0 Å². The molecule has 4 nitrogen and oxygen atoms in total. The van der Waals surface area contributed by atoms with Crippen LogP contribution in [0.1, 0.15) is 32.1 Å². The molecule has 0 saturated carbocycles. The van der Waals surface area contributed by atoms with Crippen LogP contribution in [-0.4, -0.2) is 62.5 Å². The van der Waals surface area contributed by atoms with Crippen molar-refractivity contribution in [3.05, 3.63) is 0 Å². The summed E-state index contributed by atoms with van der Waals surface area (Å²) in [5.74, 6) is 0.158. The van der Waals surface area contributed by atoms with Gasteiger partial charge in [0.15, 0.2) is 0 Å². The summed E-state index contributed by atoms with van der Waals surface area (Å²) in [5.41, 5.74) is 0. The van der Waals surface area contributed by atoms with E-state index in [1.165, 1.54) is 25.8 Å². The first-order valence-electron chi connectivity index (χ1n) is 6.73. The van der Waals surface area contributed by atoms with Gasteiger partial charge in [0.05, 0.1) is 0 Å². The number of nitrogens with one attached hydrogen (secondary N) is 1. The number of rotatable bonds is 6. The van der Waals surface area contributed by atoms with E-state index in [1.807, 2.05) is 0 Å². The highest BCUT2D eigenvalue weighted by Gasteiger charge is 2.22. The van der Waals surface area contributed by atoms with Crippen LogP contribution in [0.5, 0.6) is 0 Å². The number of carbonyl (C=O) groups excluding carboxylic acids is 1. The minimum Gasteiger partial charge on any atom is -0.359 e. The van der Waals surface area contributed by atoms with Gasteiger partial charge in [0.25, 0.3) is 0 Å². The fourth-order valence-corrected chi connectivity index (χ4v) is 2.55. The number of likely N-dealkylation sites (tertiary alicyclic amines) is 1. The molecule has 1 heterocycles. The highest BCUT2D eigenvalue weighted by molar-refractivity contribution is 5.75. The van der Waals surface area contributed by atoms with Gasteiger partial charge in [0.1, 0.15) is 0 Å². The summed E-state index contributed by atoms with van der Waals surface area (Å²) in [6.07, 6.45) is 5.60. The van der Waals surface area contributed by atoms with Crippen LogP contribution in [0.2, 0.25) is 0 Å². The highest BCUT2D eigenvalue weighted by Crippen LogP contribution is 2.17. The van der Waals surface area contributed by atoms with Crippen molar-refractivity contribution >= 4 is 5.91 Å². The van der Waals surface area contributed by atoms with Gasteiger partial charge in [-0.3, -0.25) is 9.69 Å². The quantitative estimate of drug-likeness (QED) is 0.751. The van der Waals surface area contributed by atoms with E-state index >= 15 is 0 Å². The molecule has 0 spiro atoms. The van der Waals surface area contributed by atoms with Crippen molar-refractivity contribution in [1.29, 1.82) is 0 Å². The molecule has 0 aliphatic carbocycles. The summed E-state index contributed by atoms with van der Waals surface area (Å²) in [4.78, 5) is 16.0. The SMILES string of the molecule is CNC(=O)CCCN1CCCCC1CN(C)C. The third-order valence-electron chi connectivity index (χ3n) is 3.45. The molecule has 1 aliphatic rings. The van der Waals surface area contributed by atoms with Crippen molar-refractivity contribution in [3.63, 3.8) is 0 Å². The third-order valence-corrected chi connectivity index (χ3v) is 3.45. The van der Waals surface area contributed by atoms with Crippen molar-refractivity contribution in [2.75, 3.05) is 40.8 Å². The van der Waals surface area contributed by atoms with Crippen molar-refractivity contribution in [2.45, 2.75) is 38.1 Å². The first-order valence-corrected chi connectivity index (χ1v) is 6.73. The highest BCUT2D eigenvalue weighted by atomic mass is 16.1. The molecule has 1 atom stereocenters. The zero-order chi connectivity index (χ0) is 12.7. The molecule has 1 fully saturated rings. The van der Waals surface area contributed by atoms with E-state index in [4.69, 9.17) is 0 Å². The van der Waals surface area contributed by atoms with Crippen molar-refractivity contribution in [3.8, 4) is 0 Å². The fourth-order valence-electron chi connectivity index (χ4n) is 2.55. The second kappa shape index (κ2) is 7.67. The molecule has 1 rings (SSSR count). The molecule has 0 aromatic heterocycles. The fraction of sp³-hybridized carbons (Fsp3) is 0.923. The maximum absolute atomic E-state index is 11.2. The third kappa shape index (κ3) is 5.50. The zero-order valence-corrected chi connectivity index (χ0v) is 11.5. The molecule has 1 amide bonds. The standard InChI is InChI=1S/C13H27N3O/c1-14-13(17)8-6-10-16-9-5-4-7-12(16)11-15(2)3/h12H,4-11H2,1-3H3,(H,14,17). The van der Waals surface area contributed by atoms with E-state index < -0.39 is 0 Å². The number of piperidine rings is 1. The molecule has 4 heteroatoms. The number of amides is 1. The van der Waals surface area contributed by atoms with Crippen molar-refractivity contribution < 1.29 is 4.79 Å². The van der Waals surface area contributed by atoms with E-state index in [0.29, 0.717) is 12.5 Å². The summed E-state index contributed by atoms with van der Waals surface area (Å²) in [5, 5.41) is 2.68. The second-order valence-corrected chi connectivity index (χ2v) is 5.22. The van der Waals surface area contributed by atoms with E-state index in [9.17, 15) is 4.79 Å². The molecular weight excluding hydrogens is 214 g/mol. The van der Waals surface area contributed by atoms with Crippen molar-refractivity contribution in [2.24, 2.45) is 0 Å². The predicted octanol–water partition coefficient (Wildman–Crippen LogP) is 0.929. The molecule has 0 radical (unpaired) electrons. The van der Waals surface area contributed by atoms with E-state index in [0.717, 1.165) is 19.5 Å². The molecule has 1 unspecified atom stereocenters. The van der Waals surface area contributed by atoms with Crippen LogP contribution in [0, 0.1) is 0 Å². The molecule has 0 bridgehead atoms. The monoisotopic (exact) mass is 241 g/mol. The predicted molar refractivity (Wildman–Crippen MR) is 71.1 cm³/mol. The Labute approximate surface area is 105 Å². The number of nitrogens with zero attached hydrogens (tertiary/aromatic N) is 2. The topological polar surface area (TPSA) is 35.6 Å². The molecule has 100 valence electrons. The first kappa shape index (κ1) is 14.5. The number of hydrogen-bond acceptors (Lipinski definition) is 3. The smallest absolute Gasteiger partial charge is 0.219 e. The second-order valence-electron chi connectivity index (χ2n) is 5.22. The summed E-state index contributed by atoms with van der Waals surface area (Å²) < 4.78 is 0. The Bertz CT molecular complexity index is 231. The van der Waals surface area contributed by atoms with Gasteiger partial charge >= 0.3 is 0 Å². The largest absolute Gasteiger partial charge is 0.359 e. The molecule has 0 aromatic rings. The van der Waals surface area contributed by atoms with Crippen LogP contribution in [-0.2, 0) is 4.79 Å². The summed E-state index contributed by atoms with van der Waals surface area (Å²) in [7, 11) is 5.98. The van der Waals surface area contributed by atoms with E-state index in [2.05, 4.69) is 29.2 Å². The Morgan fingerprint density at radius 2 is 2.18 bits per heavy atom. The Morgan fingerprint density at radius 3 is 2.82 bits per heavy atom. The molecule has 1 aliphatic heterocycles. The van der Waals surface area contributed by atoms with Gasteiger partial charge in [0, 0.05) is 26.1 Å². The summed E-state index contributed by atoms with van der Waals surface area (Å²) >= 11 is 0. The van der Waals surface area contributed by atoms with Crippen LogP contribution in [0.15, 0.2) is 0 Å². The molecule has 0 aromatic carbocycles. The van der Waals surface area contributed by atoms with E-state index in [-0.39, 0.29) is 5.91 Å². The lowest BCUT2D eigenvalue weighted by molar-refractivity contribution is -0.120. The average Bonchev–Trinajstić information content (AvgIpc) is 2.30. The minimum atomic E-state index is 0.158. The Kier molecular flexibility index (Phi) is 6.52. The van der Waals surface area contributed by atoms with Gasteiger partial charge in [-0.25, -0.2) is 0 Å². The molecule has 1 saturated heterocycles. The van der Waals surface area contributed by atoms with Gasteiger partial charge < -0.3 is 10.2 Å². The van der Waals surface area contributed by atoms with Crippen molar-refractivity contribution in [1.82, 2.24) is 15.1 Å². The maximum atomic E-state index is 11.2.